The summed E-state index contributed by atoms with van der Waals surface area (Å²) in [6.07, 6.45) is 2.05. The zero-order valence-corrected chi connectivity index (χ0v) is 11.4. The molecule has 1 rings (SSSR count). The maximum Gasteiger partial charge on any atom is 0.312 e. The maximum absolute atomic E-state index is 11.8. The fourth-order valence-electron chi connectivity index (χ4n) is 1.09. The quantitative estimate of drug-likeness (QED) is 0.717. The van der Waals surface area contributed by atoms with Crippen molar-refractivity contribution in [3.63, 3.8) is 0 Å². The number of carbonyl (C=O) groups is 1. The zero-order chi connectivity index (χ0) is 11.3. The molecule has 4 heteroatoms. The number of carbonyl (C=O) groups excluding carboxylic acids is 1. The normalized spacial score (nSPS) is 23.3. The van der Waals surface area contributed by atoms with Crippen LogP contribution in [0.15, 0.2) is 0 Å². The molecular formula is C11H20O2S2. The molecule has 0 bridgehead atoms. The van der Waals surface area contributed by atoms with Gasteiger partial charge in [-0.1, -0.05) is 6.92 Å². The number of ether oxygens (including phenoxy) is 1. The van der Waals surface area contributed by atoms with Crippen LogP contribution in [0.5, 0.6) is 0 Å². The van der Waals surface area contributed by atoms with Crippen molar-refractivity contribution in [3.8, 4) is 0 Å². The molecule has 0 aromatic heterocycles. The highest BCUT2D eigenvalue weighted by Gasteiger charge is 2.29. The van der Waals surface area contributed by atoms with Crippen LogP contribution >= 0.6 is 23.5 Å². The van der Waals surface area contributed by atoms with Crippen LogP contribution in [0.1, 0.15) is 33.6 Å². The minimum absolute atomic E-state index is 0.0509. The summed E-state index contributed by atoms with van der Waals surface area (Å²) in [4.78, 5) is 11.8. The van der Waals surface area contributed by atoms with Crippen molar-refractivity contribution in [2.24, 2.45) is 5.41 Å². The predicted molar refractivity (Wildman–Crippen MR) is 68.4 cm³/mol. The summed E-state index contributed by atoms with van der Waals surface area (Å²) in [6.45, 7) is 5.92. The number of thioether (sulfide) groups is 2. The average molecular weight is 248 g/mol. The third-order valence-electron chi connectivity index (χ3n) is 2.67. The summed E-state index contributed by atoms with van der Waals surface area (Å²) < 4.78 is 5.53. The summed E-state index contributed by atoms with van der Waals surface area (Å²) >= 11 is 3.66. The van der Waals surface area contributed by atoms with Gasteiger partial charge in [-0.15, -0.1) is 11.8 Å². The van der Waals surface area contributed by atoms with Gasteiger partial charge in [0.1, 0.15) is 0 Å². The van der Waals surface area contributed by atoms with E-state index in [2.05, 4.69) is 0 Å². The first kappa shape index (κ1) is 13.2. The van der Waals surface area contributed by atoms with Crippen molar-refractivity contribution >= 4 is 29.5 Å². The SMILES string of the molecule is CCC(C)(C)C(=O)OC1CSCCCS1. The van der Waals surface area contributed by atoms with E-state index in [9.17, 15) is 4.79 Å². The standard InChI is InChI=1S/C11H20O2S2/c1-4-11(2,3)10(12)13-9-8-14-6-5-7-15-9/h9H,4-8H2,1-3H3. The first-order valence-electron chi connectivity index (χ1n) is 5.46. The van der Waals surface area contributed by atoms with Gasteiger partial charge in [0.25, 0.3) is 0 Å². The van der Waals surface area contributed by atoms with Gasteiger partial charge in [0.05, 0.1) is 5.41 Å². The second-order valence-electron chi connectivity index (χ2n) is 4.37. The lowest BCUT2D eigenvalue weighted by Crippen LogP contribution is -2.29. The fraction of sp³-hybridized carbons (Fsp3) is 0.909. The van der Waals surface area contributed by atoms with E-state index in [-0.39, 0.29) is 16.8 Å². The molecule has 88 valence electrons. The molecule has 15 heavy (non-hydrogen) atoms. The Morgan fingerprint density at radius 3 is 2.87 bits per heavy atom. The van der Waals surface area contributed by atoms with Crippen molar-refractivity contribution in [1.82, 2.24) is 0 Å². The molecule has 0 spiro atoms. The summed E-state index contributed by atoms with van der Waals surface area (Å²) in [7, 11) is 0. The number of hydrogen-bond donors (Lipinski definition) is 0. The van der Waals surface area contributed by atoms with E-state index in [1.54, 1.807) is 11.8 Å². The van der Waals surface area contributed by atoms with Crippen molar-refractivity contribution < 1.29 is 9.53 Å². The first-order chi connectivity index (χ1) is 7.06. The summed E-state index contributed by atoms with van der Waals surface area (Å²) in [5.74, 6) is 3.19. The topological polar surface area (TPSA) is 26.3 Å². The predicted octanol–water partition coefficient (Wildman–Crippen LogP) is 3.16. The molecule has 0 amide bonds. The van der Waals surface area contributed by atoms with Crippen LogP contribution in [0, 0.1) is 5.41 Å². The molecule has 1 heterocycles. The van der Waals surface area contributed by atoms with Crippen molar-refractivity contribution in [2.75, 3.05) is 17.3 Å². The van der Waals surface area contributed by atoms with Crippen LogP contribution in [-0.2, 0) is 9.53 Å². The van der Waals surface area contributed by atoms with E-state index in [1.807, 2.05) is 32.5 Å². The number of rotatable bonds is 3. The molecule has 0 N–H and O–H groups in total. The molecule has 0 aromatic rings. The summed E-state index contributed by atoms with van der Waals surface area (Å²) in [5.41, 5.74) is -0.270. The molecule has 1 unspecified atom stereocenters. The maximum atomic E-state index is 11.8. The molecule has 0 aromatic carbocycles. The van der Waals surface area contributed by atoms with Crippen LogP contribution in [0.25, 0.3) is 0 Å². The highest BCUT2D eigenvalue weighted by molar-refractivity contribution is 8.03. The third kappa shape index (κ3) is 4.27. The third-order valence-corrected chi connectivity index (χ3v) is 5.15. The van der Waals surface area contributed by atoms with Crippen LogP contribution in [0.3, 0.4) is 0 Å². The Morgan fingerprint density at radius 1 is 1.47 bits per heavy atom. The molecule has 1 saturated heterocycles. The van der Waals surface area contributed by atoms with Gasteiger partial charge in [-0.3, -0.25) is 4.79 Å². The molecule has 0 saturated carbocycles. The van der Waals surface area contributed by atoms with Crippen molar-refractivity contribution in [3.05, 3.63) is 0 Å². The monoisotopic (exact) mass is 248 g/mol. The van der Waals surface area contributed by atoms with Gasteiger partial charge in [0, 0.05) is 5.75 Å². The molecule has 1 aliphatic rings. The summed E-state index contributed by atoms with van der Waals surface area (Å²) in [6, 6.07) is 0. The second-order valence-corrected chi connectivity index (χ2v) is 6.79. The number of esters is 1. The van der Waals surface area contributed by atoms with Crippen LogP contribution < -0.4 is 0 Å². The van der Waals surface area contributed by atoms with E-state index in [1.165, 1.54) is 12.2 Å². The van der Waals surface area contributed by atoms with Gasteiger partial charge in [-0.05, 0) is 38.2 Å². The molecule has 0 aliphatic carbocycles. The first-order valence-corrected chi connectivity index (χ1v) is 7.67. The van der Waals surface area contributed by atoms with E-state index >= 15 is 0 Å². The lowest BCUT2D eigenvalue weighted by atomic mass is 9.91. The van der Waals surface area contributed by atoms with Gasteiger partial charge in [-0.2, -0.15) is 11.8 Å². The second kappa shape index (κ2) is 6.04. The Labute approximate surface area is 101 Å². The highest BCUT2D eigenvalue weighted by atomic mass is 32.2. The Bertz CT molecular complexity index is 209. The van der Waals surface area contributed by atoms with E-state index in [4.69, 9.17) is 4.74 Å². The molecule has 1 atom stereocenters. The zero-order valence-electron chi connectivity index (χ0n) is 9.75. The van der Waals surface area contributed by atoms with Gasteiger partial charge >= 0.3 is 5.97 Å². The molecule has 0 radical (unpaired) electrons. The lowest BCUT2D eigenvalue weighted by Gasteiger charge is -2.24. The average Bonchev–Trinajstić information content (AvgIpc) is 2.46. The van der Waals surface area contributed by atoms with Crippen molar-refractivity contribution in [1.29, 1.82) is 0 Å². The van der Waals surface area contributed by atoms with Crippen LogP contribution in [0.4, 0.5) is 0 Å². The minimum Gasteiger partial charge on any atom is -0.450 e. The Hall–Kier alpha value is 0.170. The molecule has 1 aliphatic heterocycles. The van der Waals surface area contributed by atoms with E-state index < -0.39 is 0 Å². The summed E-state index contributed by atoms with van der Waals surface area (Å²) in [5, 5.41) is 0. The highest BCUT2D eigenvalue weighted by Crippen LogP contribution is 2.28. The minimum atomic E-state index is -0.336. The lowest BCUT2D eigenvalue weighted by molar-refractivity contribution is -0.154. The van der Waals surface area contributed by atoms with Gasteiger partial charge in [-0.25, -0.2) is 0 Å². The fourth-order valence-corrected chi connectivity index (χ4v) is 3.46. The smallest absolute Gasteiger partial charge is 0.312 e. The van der Waals surface area contributed by atoms with Crippen molar-refractivity contribution in [2.45, 2.75) is 39.0 Å². The van der Waals surface area contributed by atoms with Crippen LogP contribution in [-0.4, -0.2) is 28.7 Å². The van der Waals surface area contributed by atoms with Gasteiger partial charge in [0.2, 0.25) is 0 Å². The van der Waals surface area contributed by atoms with E-state index in [0.29, 0.717) is 0 Å². The van der Waals surface area contributed by atoms with Crippen LogP contribution in [0.2, 0.25) is 0 Å². The molecular weight excluding hydrogens is 228 g/mol. The number of hydrogen-bond acceptors (Lipinski definition) is 4. The molecule has 2 nitrogen and oxygen atoms in total. The Kier molecular flexibility index (Phi) is 5.33. The van der Waals surface area contributed by atoms with Gasteiger partial charge in [0.15, 0.2) is 5.44 Å². The van der Waals surface area contributed by atoms with Gasteiger partial charge < -0.3 is 4.74 Å². The largest absolute Gasteiger partial charge is 0.450 e. The van der Waals surface area contributed by atoms with E-state index in [0.717, 1.165) is 17.9 Å². The Morgan fingerprint density at radius 2 is 2.20 bits per heavy atom. The molecule has 1 fully saturated rings. The Balaban J connectivity index is 2.42.